The van der Waals surface area contributed by atoms with Crippen LogP contribution in [0.1, 0.15) is 30.0 Å². The number of hydrogen-bond donors (Lipinski definition) is 1. The predicted molar refractivity (Wildman–Crippen MR) is 115 cm³/mol. The maximum absolute atomic E-state index is 14.8. The zero-order valence-corrected chi connectivity index (χ0v) is 18.0. The number of hydrogen-bond acceptors (Lipinski definition) is 4. The standard InChI is InChI=1S/C22H22FN5O2S/c1-14-11-17(23)21-16(20(14)22-24-13-27(2)26-22)12-19(25-21)31(29,30)28-10-6-9-18(28)15-7-4-3-5-8-15/h3-5,7-8,11-13,18,25H,6,9-10H2,1-2H3/t18-/m1/s1. The van der Waals surface area contributed by atoms with E-state index in [1.807, 2.05) is 30.3 Å². The Hall–Kier alpha value is -3.04. The van der Waals surface area contributed by atoms with Gasteiger partial charge in [-0.2, -0.15) is 9.40 Å². The first kappa shape index (κ1) is 19.9. The van der Waals surface area contributed by atoms with Crippen LogP contribution in [-0.2, 0) is 17.1 Å². The predicted octanol–water partition coefficient (Wildman–Crippen LogP) is 3.94. The van der Waals surface area contributed by atoms with Crippen molar-refractivity contribution in [3.63, 3.8) is 0 Å². The van der Waals surface area contributed by atoms with E-state index in [9.17, 15) is 12.8 Å². The van der Waals surface area contributed by atoms with Crippen LogP contribution in [0, 0.1) is 12.7 Å². The Labute approximate surface area is 179 Å². The van der Waals surface area contributed by atoms with Crippen molar-refractivity contribution in [2.75, 3.05) is 6.54 Å². The molecule has 0 radical (unpaired) electrons. The zero-order chi connectivity index (χ0) is 21.8. The van der Waals surface area contributed by atoms with Gasteiger partial charge in [0, 0.05) is 24.5 Å². The van der Waals surface area contributed by atoms with Crippen LogP contribution < -0.4 is 0 Å². The number of benzene rings is 2. The van der Waals surface area contributed by atoms with E-state index in [0.717, 1.165) is 18.4 Å². The van der Waals surface area contributed by atoms with E-state index in [1.54, 1.807) is 25.0 Å². The van der Waals surface area contributed by atoms with Gasteiger partial charge in [0.1, 0.15) is 17.2 Å². The van der Waals surface area contributed by atoms with Crippen LogP contribution in [0.15, 0.2) is 53.8 Å². The molecule has 0 spiro atoms. The van der Waals surface area contributed by atoms with Crippen molar-refractivity contribution in [2.45, 2.75) is 30.8 Å². The van der Waals surface area contributed by atoms with E-state index >= 15 is 0 Å². The Bertz CT molecular complexity index is 1380. The highest BCUT2D eigenvalue weighted by Crippen LogP contribution is 2.39. The summed E-state index contributed by atoms with van der Waals surface area (Å²) in [7, 11) is -2.11. The highest BCUT2D eigenvalue weighted by atomic mass is 32.2. The van der Waals surface area contributed by atoms with E-state index in [1.165, 1.54) is 16.4 Å². The first-order valence-corrected chi connectivity index (χ1v) is 11.5. The molecule has 160 valence electrons. The van der Waals surface area contributed by atoms with Gasteiger partial charge in [-0.3, -0.25) is 4.68 Å². The van der Waals surface area contributed by atoms with Crippen LogP contribution in [0.25, 0.3) is 22.3 Å². The van der Waals surface area contributed by atoms with Crippen molar-refractivity contribution >= 4 is 20.9 Å². The molecule has 0 unspecified atom stereocenters. The van der Waals surface area contributed by atoms with Gasteiger partial charge in [0.25, 0.3) is 10.0 Å². The molecule has 31 heavy (non-hydrogen) atoms. The zero-order valence-electron chi connectivity index (χ0n) is 17.2. The van der Waals surface area contributed by atoms with Crippen molar-refractivity contribution in [3.05, 3.63) is 65.7 Å². The molecule has 1 fully saturated rings. The lowest BCUT2D eigenvalue weighted by Crippen LogP contribution is -2.30. The minimum absolute atomic E-state index is 0.0213. The Balaban J connectivity index is 1.64. The summed E-state index contributed by atoms with van der Waals surface area (Å²) >= 11 is 0. The van der Waals surface area contributed by atoms with Gasteiger partial charge in [0.15, 0.2) is 5.82 Å². The van der Waals surface area contributed by atoms with Gasteiger partial charge >= 0.3 is 0 Å². The maximum Gasteiger partial charge on any atom is 0.259 e. The topological polar surface area (TPSA) is 83.9 Å². The van der Waals surface area contributed by atoms with Gasteiger partial charge in [0.2, 0.25) is 0 Å². The molecule has 1 aliphatic rings. The average Bonchev–Trinajstić information content (AvgIpc) is 3.48. The summed E-state index contributed by atoms with van der Waals surface area (Å²) in [5.41, 5.74) is 2.36. The van der Waals surface area contributed by atoms with E-state index in [0.29, 0.717) is 28.9 Å². The van der Waals surface area contributed by atoms with Crippen molar-refractivity contribution < 1.29 is 12.8 Å². The quantitative estimate of drug-likeness (QED) is 0.522. The summed E-state index contributed by atoms with van der Waals surface area (Å²) in [4.78, 5) is 7.11. The van der Waals surface area contributed by atoms with Crippen LogP contribution in [0.4, 0.5) is 4.39 Å². The van der Waals surface area contributed by atoms with E-state index in [-0.39, 0.29) is 16.6 Å². The first-order valence-electron chi connectivity index (χ1n) is 10.1. The number of halogens is 1. The summed E-state index contributed by atoms with van der Waals surface area (Å²) in [6.07, 6.45) is 3.08. The fourth-order valence-electron chi connectivity index (χ4n) is 4.41. The molecular weight excluding hydrogens is 417 g/mol. The molecule has 5 rings (SSSR count). The second-order valence-electron chi connectivity index (χ2n) is 7.90. The van der Waals surface area contributed by atoms with Crippen molar-refractivity contribution in [3.8, 4) is 11.4 Å². The van der Waals surface area contributed by atoms with Crippen LogP contribution >= 0.6 is 0 Å². The second-order valence-corrected chi connectivity index (χ2v) is 9.76. The Morgan fingerprint density at radius 1 is 1.19 bits per heavy atom. The third-order valence-electron chi connectivity index (χ3n) is 5.84. The van der Waals surface area contributed by atoms with Gasteiger partial charge in [-0.05, 0) is 43.0 Å². The minimum Gasteiger partial charge on any atom is -0.342 e. The van der Waals surface area contributed by atoms with Crippen molar-refractivity contribution in [1.29, 1.82) is 0 Å². The number of nitrogens with one attached hydrogen (secondary N) is 1. The molecule has 1 saturated heterocycles. The molecule has 2 aromatic heterocycles. The van der Waals surface area contributed by atoms with E-state index < -0.39 is 15.8 Å². The van der Waals surface area contributed by atoms with Gasteiger partial charge in [0.05, 0.1) is 11.6 Å². The first-order chi connectivity index (χ1) is 14.9. The van der Waals surface area contributed by atoms with Gasteiger partial charge < -0.3 is 4.98 Å². The smallest absolute Gasteiger partial charge is 0.259 e. The SMILES string of the molecule is Cc1cc(F)c2[nH]c(S(=O)(=O)N3CCC[C@@H]3c3ccccc3)cc2c1-c1ncn(C)n1. The number of H-pyrrole nitrogens is 1. The lowest BCUT2D eigenvalue weighted by molar-refractivity contribution is 0.395. The highest BCUT2D eigenvalue weighted by Gasteiger charge is 2.37. The molecular formula is C22H22FN5O2S. The summed E-state index contributed by atoms with van der Waals surface area (Å²) in [6.45, 7) is 2.19. The van der Waals surface area contributed by atoms with Gasteiger partial charge in [-0.15, -0.1) is 0 Å². The molecule has 1 atom stereocenters. The third-order valence-corrected chi connectivity index (χ3v) is 7.67. The van der Waals surface area contributed by atoms with E-state index in [4.69, 9.17) is 0 Å². The molecule has 1 N–H and O–H groups in total. The Kier molecular flexibility index (Phi) is 4.67. The number of aryl methyl sites for hydroxylation is 2. The summed E-state index contributed by atoms with van der Waals surface area (Å²) in [5.74, 6) is -0.0778. The second kappa shape index (κ2) is 7.28. The summed E-state index contributed by atoms with van der Waals surface area (Å²) in [5, 5.41) is 4.77. The van der Waals surface area contributed by atoms with Crippen LogP contribution in [0.3, 0.4) is 0 Å². The minimum atomic E-state index is -3.86. The molecule has 2 aromatic carbocycles. The molecule has 1 aliphatic heterocycles. The molecule has 0 aliphatic carbocycles. The van der Waals surface area contributed by atoms with Crippen molar-refractivity contribution in [2.24, 2.45) is 7.05 Å². The highest BCUT2D eigenvalue weighted by molar-refractivity contribution is 7.89. The molecule has 0 amide bonds. The Morgan fingerprint density at radius 3 is 2.68 bits per heavy atom. The monoisotopic (exact) mass is 439 g/mol. The molecule has 0 saturated carbocycles. The number of rotatable bonds is 4. The lowest BCUT2D eigenvalue weighted by Gasteiger charge is -2.23. The third kappa shape index (κ3) is 3.24. The lowest BCUT2D eigenvalue weighted by atomic mass is 10.0. The largest absolute Gasteiger partial charge is 0.342 e. The van der Waals surface area contributed by atoms with Crippen LogP contribution in [0.2, 0.25) is 0 Å². The fourth-order valence-corrected chi connectivity index (χ4v) is 6.10. The molecule has 9 heteroatoms. The Morgan fingerprint density at radius 2 is 1.97 bits per heavy atom. The van der Waals surface area contributed by atoms with Crippen LogP contribution in [-0.4, -0.2) is 39.0 Å². The number of nitrogens with zero attached hydrogens (tertiary/aromatic N) is 4. The number of aromatic amines is 1. The van der Waals surface area contributed by atoms with Gasteiger partial charge in [-0.25, -0.2) is 17.8 Å². The van der Waals surface area contributed by atoms with Crippen LogP contribution in [0.5, 0.6) is 0 Å². The van der Waals surface area contributed by atoms with E-state index in [2.05, 4.69) is 15.1 Å². The van der Waals surface area contributed by atoms with Crippen molar-refractivity contribution in [1.82, 2.24) is 24.1 Å². The number of aromatic nitrogens is 4. The molecule has 7 nitrogen and oxygen atoms in total. The summed E-state index contributed by atoms with van der Waals surface area (Å²) < 4.78 is 45.0. The average molecular weight is 440 g/mol. The number of sulfonamides is 1. The normalized spacial score (nSPS) is 17.6. The van der Waals surface area contributed by atoms with Gasteiger partial charge in [-0.1, -0.05) is 30.3 Å². The summed E-state index contributed by atoms with van der Waals surface area (Å²) in [6, 6.07) is 12.3. The molecule has 3 heterocycles. The molecule has 4 aromatic rings. The maximum atomic E-state index is 14.8. The fraction of sp³-hybridized carbons (Fsp3) is 0.273. The number of fused-ring (bicyclic) bond motifs is 1. The molecule has 0 bridgehead atoms.